The lowest BCUT2D eigenvalue weighted by molar-refractivity contribution is -0.137. The van der Waals surface area contributed by atoms with Crippen LogP contribution in [0.3, 0.4) is 0 Å². The Morgan fingerprint density at radius 2 is 2.16 bits per heavy atom. The first-order valence-corrected chi connectivity index (χ1v) is 6.34. The topological polar surface area (TPSA) is 21.3 Å². The number of ether oxygens (including phenoxy) is 1. The van der Waals surface area contributed by atoms with Gasteiger partial charge in [0.1, 0.15) is 0 Å². The first-order chi connectivity index (χ1) is 8.81. The van der Waals surface area contributed by atoms with Gasteiger partial charge in [-0.05, 0) is 31.9 Å². The molecule has 1 saturated heterocycles. The van der Waals surface area contributed by atoms with E-state index in [-0.39, 0.29) is 11.6 Å². The molecule has 1 aromatic carbocycles. The van der Waals surface area contributed by atoms with Crippen LogP contribution in [0.2, 0.25) is 0 Å². The monoisotopic (exact) mass is 273 g/mol. The number of nitrogens with one attached hydrogen (secondary N) is 1. The van der Waals surface area contributed by atoms with E-state index in [9.17, 15) is 13.2 Å². The van der Waals surface area contributed by atoms with E-state index in [0.29, 0.717) is 18.7 Å². The van der Waals surface area contributed by atoms with Crippen LogP contribution in [0.25, 0.3) is 0 Å². The van der Waals surface area contributed by atoms with Crippen LogP contribution in [-0.2, 0) is 17.5 Å². The van der Waals surface area contributed by atoms with Crippen molar-refractivity contribution >= 4 is 0 Å². The van der Waals surface area contributed by atoms with Crippen LogP contribution in [0.1, 0.15) is 31.4 Å². The summed E-state index contributed by atoms with van der Waals surface area (Å²) in [5.41, 5.74) is -0.142. The maximum absolute atomic E-state index is 12.6. The van der Waals surface area contributed by atoms with Gasteiger partial charge in [0, 0.05) is 18.7 Å². The Hall–Kier alpha value is -1.07. The highest BCUT2D eigenvalue weighted by atomic mass is 19.4. The van der Waals surface area contributed by atoms with Crippen molar-refractivity contribution in [3.63, 3.8) is 0 Å². The van der Waals surface area contributed by atoms with E-state index in [0.717, 1.165) is 12.5 Å². The van der Waals surface area contributed by atoms with Gasteiger partial charge >= 0.3 is 6.18 Å². The highest BCUT2D eigenvalue weighted by molar-refractivity contribution is 5.25. The van der Waals surface area contributed by atoms with Crippen molar-refractivity contribution in [2.75, 3.05) is 6.61 Å². The third-order valence-electron chi connectivity index (χ3n) is 3.84. The molecule has 1 heterocycles. The third kappa shape index (κ3) is 3.28. The molecule has 106 valence electrons. The molecule has 5 heteroatoms. The Kier molecular flexibility index (Phi) is 3.87. The second-order valence-corrected chi connectivity index (χ2v) is 5.23. The second-order valence-electron chi connectivity index (χ2n) is 5.23. The second kappa shape index (κ2) is 5.13. The average molecular weight is 273 g/mol. The minimum atomic E-state index is -4.29. The number of alkyl halides is 3. The molecule has 1 aromatic rings. The molecule has 1 fully saturated rings. The largest absolute Gasteiger partial charge is 0.416 e. The first kappa shape index (κ1) is 14.3. The van der Waals surface area contributed by atoms with Gasteiger partial charge < -0.3 is 10.1 Å². The molecule has 0 bridgehead atoms. The molecule has 2 nitrogen and oxygen atoms in total. The highest BCUT2D eigenvalue weighted by Gasteiger charge is 2.36. The summed E-state index contributed by atoms with van der Waals surface area (Å²) in [4.78, 5) is 0. The minimum Gasteiger partial charge on any atom is -0.377 e. The molecule has 0 amide bonds. The number of rotatable bonds is 3. The fraction of sp³-hybridized carbons (Fsp3) is 0.571. The molecule has 0 radical (unpaired) electrons. The van der Waals surface area contributed by atoms with E-state index in [2.05, 4.69) is 5.32 Å². The lowest BCUT2D eigenvalue weighted by atomic mass is 9.94. The van der Waals surface area contributed by atoms with E-state index < -0.39 is 11.7 Å². The van der Waals surface area contributed by atoms with Crippen molar-refractivity contribution in [3.05, 3.63) is 35.4 Å². The molecule has 0 aromatic heterocycles. The fourth-order valence-corrected chi connectivity index (χ4v) is 2.23. The van der Waals surface area contributed by atoms with E-state index in [1.807, 2.05) is 13.8 Å². The zero-order chi connectivity index (χ0) is 14.1. The Morgan fingerprint density at radius 3 is 2.74 bits per heavy atom. The maximum Gasteiger partial charge on any atom is 0.416 e. The molecule has 0 spiro atoms. The average Bonchev–Trinajstić information content (AvgIpc) is 2.67. The minimum absolute atomic E-state index is 0.0679. The van der Waals surface area contributed by atoms with Crippen LogP contribution in [0, 0.1) is 0 Å². The molecular formula is C14H18F3NO. The van der Waals surface area contributed by atoms with Gasteiger partial charge in [0.25, 0.3) is 0 Å². The Labute approximate surface area is 111 Å². The summed E-state index contributed by atoms with van der Waals surface area (Å²) in [6, 6.07) is 5.42. The lowest BCUT2D eigenvalue weighted by Crippen LogP contribution is -2.47. The third-order valence-corrected chi connectivity index (χ3v) is 3.84. The summed E-state index contributed by atoms with van der Waals surface area (Å²) in [5.74, 6) is 0. The first-order valence-electron chi connectivity index (χ1n) is 6.34. The molecule has 19 heavy (non-hydrogen) atoms. The van der Waals surface area contributed by atoms with Gasteiger partial charge in [-0.3, -0.25) is 0 Å². The van der Waals surface area contributed by atoms with Crippen molar-refractivity contribution in [2.45, 2.75) is 44.6 Å². The van der Waals surface area contributed by atoms with Gasteiger partial charge in [0.2, 0.25) is 0 Å². The lowest BCUT2D eigenvalue weighted by Gasteiger charge is -2.29. The maximum atomic E-state index is 12.6. The molecule has 2 unspecified atom stereocenters. The van der Waals surface area contributed by atoms with Crippen molar-refractivity contribution < 1.29 is 17.9 Å². The number of benzene rings is 1. The number of halogens is 3. The SMILES string of the molecule is CC1OCCC1(C)NCc1cccc(C(F)(F)F)c1. The van der Waals surface area contributed by atoms with Crippen LogP contribution in [-0.4, -0.2) is 18.2 Å². The quantitative estimate of drug-likeness (QED) is 0.911. The highest BCUT2D eigenvalue weighted by Crippen LogP contribution is 2.30. The molecule has 0 saturated carbocycles. The van der Waals surface area contributed by atoms with Gasteiger partial charge in [0.05, 0.1) is 11.7 Å². The van der Waals surface area contributed by atoms with Crippen molar-refractivity contribution in [2.24, 2.45) is 0 Å². The number of hydrogen-bond acceptors (Lipinski definition) is 2. The summed E-state index contributed by atoms with van der Waals surface area (Å²) < 4.78 is 43.3. The van der Waals surface area contributed by atoms with Gasteiger partial charge in [-0.2, -0.15) is 13.2 Å². The summed E-state index contributed by atoms with van der Waals surface area (Å²) in [7, 11) is 0. The van der Waals surface area contributed by atoms with Crippen molar-refractivity contribution in [1.29, 1.82) is 0 Å². The standard InChI is InChI=1S/C14H18F3NO/c1-10-13(2,6-7-19-10)18-9-11-4-3-5-12(8-11)14(15,16)17/h3-5,8,10,18H,6-7,9H2,1-2H3. The van der Waals surface area contributed by atoms with Crippen molar-refractivity contribution in [3.8, 4) is 0 Å². The zero-order valence-electron chi connectivity index (χ0n) is 11.1. The smallest absolute Gasteiger partial charge is 0.377 e. The van der Waals surface area contributed by atoms with E-state index in [1.54, 1.807) is 6.07 Å². The van der Waals surface area contributed by atoms with Crippen LogP contribution in [0.15, 0.2) is 24.3 Å². The van der Waals surface area contributed by atoms with Gasteiger partial charge in [-0.25, -0.2) is 0 Å². The summed E-state index contributed by atoms with van der Waals surface area (Å²) >= 11 is 0. The summed E-state index contributed by atoms with van der Waals surface area (Å²) in [5, 5.41) is 3.31. The van der Waals surface area contributed by atoms with Gasteiger partial charge in [-0.15, -0.1) is 0 Å². The number of hydrogen-bond donors (Lipinski definition) is 1. The van der Waals surface area contributed by atoms with E-state index in [1.165, 1.54) is 12.1 Å². The van der Waals surface area contributed by atoms with Crippen LogP contribution >= 0.6 is 0 Å². The van der Waals surface area contributed by atoms with Gasteiger partial charge in [0.15, 0.2) is 0 Å². The Morgan fingerprint density at radius 1 is 1.42 bits per heavy atom. The van der Waals surface area contributed by atoms with Crippen LogP contribution in [0.5, 0.6) is 0 Å². The molecule has 2 rings (SSSR count). The van der Waals surface area contributed by atoms with Crippen LogP contribution < -0.4 is 5.32 Å². The predicted octanol–water partition coefficient (Wildman–Crippen LogP) is 3.36. The van der Waals surface area contributed by atoms with E-state index in [4.69, 9.17) is 4.74 Å². The van der Waals surface area contributed by atoms with Crippen molar-refractivity contribution in [1.82, 2.24) is 5.32 Å². The fourth-order valence-electron chi connectivity index (χ4n) is 2.23. The predicted molar refractivity (Wildman–Crippen MR) is 66.7 cm³/mol. The van der Waals surface area contributed by atoms with Crippen LogP contribution in [0.4, 0.5) is 13.2 Å². The Balaban J connectivity index is 2.04. The molecule has 0 aliphatic carbocycles. The normalized spacial score (nSPS) is 27.7. The molecule has 1 N–H and O–H groups in total. The molecule has 2 atom stereocenters. The Bertz CT molecular complexity index is 447. The summed E-state index contributed by atoms with van der Waals surface area (Å²) in [6.45, 7) is 5.12. The molecule has 1 aliphatic rings. The van der Waals surface area contributed by atoms with Gasteiger partial charge in [-0.1, -0.05) is 18.2 Å². The summed E-state index contributed by atoms with van der Waals surface area (Å²) in [6.07, 6.45) is -3.35. The molecule has 1 aliphatic heterocycles. The molecular weight excluding hydrogens is 255 g/mol. The zero-order valence-corrected chi connectivity index (χ0v) is 11.1. The van der Waals surface area contributed by atoms with E-state index >= 15 is 0 Å².